The van der Waals surface area contributed by atoms with Gasteiger partial charge >= 0.3 is 36.0 Å². The van der Waals surface area contributed by atoms with Crippen molar-refractivity contribution < 1.29 is 61.5 Å². The number of halogens is 16. The summed E-state index contributed by atoms with van der Waals surface area (Å²) in [6.07, 6.45) is -15.0. The van der Waals surface area contributed by atoms with Gasteiger partial charge < -0.3 is 0 Å². The first-order valence-corrected chi connectivity index (χ1v) is 3.90. The zero-order chi connectivity index (χ0) is 17.0. The molecule has 16 heteroatoms. The van der Waals surface area contributed by atoms with Crippen LogP contribution in [0.3, 0.4) is 0 Å². The Morgan fingerprint density at radius 2 is 0.409 bits per heavy atom. The molecule has 0 nitrogen and oxygen atoms in total. The molecule has 0 radical (unpaired) electrons. The maximum Gasteiger partial charge on any atom is 0.460 e. The highest BCUT2D eigenvalue weighted by Gasteiger charge is 2.91. The molecular weight excluding hydrogens is 592 g/mol. The summed E-state index contributed by atoms with van der Waals surface area (Å²) < 4.78 is 166. The van der Waals surface area contributed by atoms with E-state index in [4.69, 9.17) is 0 Å². The second-order valence-corrected chi connectivity index (χ2v) is 3.29. The van der Waals surface area contributed by atoms with E-state index in [0.717, 1.165) is 0 Å². The highest BCUT2D eigenvalue weighted by molar-refractivity contribution is 14.0. The van der Waals surface area contributed by atoms with Crippen molar-refractivity contribution in [3.8, 4) is 0 Å². The molecule has 0 aliphatic carbocycles. The summed E-state index contributed by atoms with van der Waals surface area (Å²) in [7, 11) is 0. The van der Waals surface area contributed by atoms with E-state index >= 15 is 0 Å². The topological polar surface area (TPSA) is 0 Å². The fraction of sp³-hybridized carbons (Fsp3) is 1.00. The predicted octanol–water partition coefficient (Wildman–Crippen LogP) is 5.89. The van der Waals surface area contributed by atoms with Crippen LogP contribution < -0.4 is 0 Å². The Morgan fingerprint density at radius 3 is 0.500 bits per heavy atom. The van der Waals surface area contributed by atoms with Crippen LogP contribution >= 0.6 is 48.0 Å². The molecule has 0 spiro atoms. The predicted molar refractivity (Wildman–Crippen MR) is 62.7 cm³/mol. The largest absolute Gasteiger partial charge is 0.460 e. The van der Waals surface area contributed by atoms with Crippen LogP contribution in [0.1, 0.15) is 0 Å². The summed E-state index contributed by atoms with van der Waals surface area (Å²) in [5.41, 5.74) is 0. The Bertz CT molecular complexity index is 329. The lowest BCUT2D eigenvalue weighted by atomic mass is 9.98. The number of rotatable bonds is 3. The van der Waals surface area contributed by atoms with Gasteiger partial charge in [0, 0.05) is 0 Å². The van der Waals surface area contributed by atoms with E-state index < -0.39 is 36.0 Å². The molecule has 0 bridgehead atoms. The van der Waals surface area contributed by atoms with Crippen LogP contribution in [0.25, 0.3) is 0 Å². The van der Waals surface area contributed by atoms with Crippen LogP contribution in [0.4, 0.5) is 61.5 Å². The van der Waals surface area contributed by atoms with Gasteiger partial charge in [0.25, 0.3) is 0 Å². The first kappa shape index (κ1) is 27.3. The quantitative estimate of drug-likeness (QED) is 0.283. The van der Waals surface area contributed by atoms with E-state index in [1.54, 1.807) is 0 Å². The van der Waals surface area contributed by atoms with E-state index in [2.05, 4.69) is 0 Å². The minimum Gasteiger partial charge on any atom is -0.192 e. The van der Waals surface area contributed by atoms with Gasteiger partial charge in [0.1, 0.15) is 0 Å². The van der Waals surface area contributed by atoms with Gasteiger partial charge in [0.05, 0.1) is 0 Å². The summed E-state index contributed by atoms with van der Waals surface area (Å²) in [5, 5.41) is 0. The summed E-state index contributed by atoms with van der Waals surface area (Å²) in [5.74, 6) is -31.7. The van der Waals surface area contributed by atoms with Crippen LogP contribution in [0.15, 0.2) is 0 Å². The highest BCUT2D eigenvalue weighted by atomic mass is 127. The number of hydrogen-bond donors (Lipinski definition) is 0. The highest BCUT2D eigenvalue weighted by Crippen LogP contribution is 2.60. The zero-order valence-corrected chi connectivity index (χ0v) is 13.8. The van der Waals surface area contributed by atoms with E-state index in [-0.39, 0.29) is 48.0 Å². The third kappa shape index (κ3) is 3.76. The molecule has 0 N–H and O–H groups in total. The Labute approximate surface area is 145 Å². The molecule has 22 heavy (non-hydrogen) atoms. The van der Waals surface area contributed by atoms with Gasteiger partial charge in [-0.2, -0.15) is 61.5 Å². The average molecular weight is 594 g/mol. The minimum atomic E-state index is -8.04. The molecule has 0 unspecified atom stereocenters. The summed E-state index contributed by atoms with van der Waals surface area (Å²) in [4.78, 5) is 0. The van der Waals surface area contributed by atoms with Gasteiger partial charge in [0.15, 0.2) is 0 Å². The first-order chi connectivity index (χ1) is 8.25. The molecule has 0 aromatic heterocycles. The molecule has 0 heterocycles. The fourth-order valence-corrected chi connectivity index (χ4v) is 0.750. The molecule has 0 rings (SSSR count). The molecular formula is C6H2F14I2. The van der Waals surface area contributed by atoms with E-state index in [1.807, 2.05) is 0 Å². The van der Waals surface area contributed by atoms with Gasteiger partial charge in [0.2, 0.25) is 0 Å². The molecule has 0 amide bonds. The van der Waals surface area contributed by atoms with Gasteiger partial charge in [-0.15, -0.1) is 48.0 Å². The molecule has 0 aromatic rings. The maximum absolute atomic E-state index is 12.3. The van der Waals surface area contributed by atoms with Gasteiger partial charge in [-0.1, -0.05) is 0 Å². The lowest BCUT2D eigenvalue weighted by Crippen LogP contribution is -2.69. The summed E-state index contributed by atoms with van der Waals surface area (Å²) in [6, 6.07) is 0. The Morgan fingerprint density at radius 1 is 0.273 bits per heavy atom. The Kier molecular flexibility index (Phi) is 8.41. The van der Waals surface area contributed by atoms with E-state index in [0.29, 0.717) is 0 Å². The van der Waals surface area contributed by atoms with Crippen molar-refractivity contribution >= 4 is 48.0 Å². The maximum atomic E-state index is 12.3. The molecule has 138 valence electrons. The van der Waals surface area contributed by atoms with Gasteiger partial charge in [-0.05, 0) is 0 Å². The standard InChI is InChI=1S/C6F14.2HI/c7-1(8,3(11,12)5(15,16)17)2(9,10)4(13,14)6(18,19)20;;/h;2*1H. The average Bonchev–Trinajstić information content (AvgIpc) is 2.12. The van der Waals surface area contributed by atoms with Crippen molar-refractivity contribution in [2.24, 2.45) is 0 Å². The van der Waals surface area contributed by atoms with Crippen LogP contribution in [-0.2, 0) is 0 Å². The molecule has 0 aromatic carbocycles. The third-order valence-electron chi connectivity index (χ3n) is 1.90. The van der Waals surface area contributed by atoms with Crippen molar-refractivity contribution in [2.45, 2.75) is 36.0 Å². The second kappa shape index (κ2) is 6.77. The van der Waals surface area contributed by atoms with Crippen LogP contribution in [0.5, 0.6) is 0 Å². The van der Waals surface area contributed by atoms with Gasteiger partial charge in [-0.25, -0.2) is 0 Å². The summed E-state index contributed by atoms with van der Waals surface area (Å²) in [6.45, 7) is 0. The van der Waals surface area contributed by atoms with Crippen molar-refractivity contribution in [1.29, 1.82) is 0 Å². The SMILES string of the molecule is FC(F)(F)C(F)(F)C(F)(F)C(F)(F)C(F)(F)C(F)(F)F.I.I. The molecule has 0 saturated carbocycles. The monoisotopic (exact) mass is 594 g/mol. The minimum absolute atomic E-state index is 0. The molecule has 0 aliphatic heterocycles. The summed E-state index contributed by atoms with van der Waals surface area (Å²) >= 11 is 0. The van der Waals surface area contributed by atoms with Crippen molar-refractivity contribution in [1.82, 2.24) is 0 Å². The van der Waals surface area contributed by atoms with Crippen LogP contribution in [-0.4, -0.2) is 36.0 Å². The Hall–Kier alpha value is 0.480. The van der Waals surface area contributed by atoms with E-state index in [1.165, 1.54) is 0 Å². The van der Waals surface area contributed by atoms with E-state index in [9.17, 15) is 61.5 Å². The van der Waals surface area contributed by atoms with Crippen molar-refractivity contribution in [3.63, 3.8) is 0 Å². The molecule has 0 atom stereocenters. The second-order valence-electron chi connectivity index (χ2n) is 3.29. The normalized spacial score (nSPS) is 15.0. The lowest BCUT2D eigenvalue weighted by Gasteiger charge is -2.37. The zero-order valence-electron chi connectivity index (χ0n) is 9.11. The van der Waals surface area contributed by atoms with Crippen LogP contribution in [0.2, 0.25) is 0 Å². The van der Waals surface area contributed by atoms with Gasteiger partial charge in [-0.3, -0.25) is 0 Å². The molecule has 0 aliphatic rings. The smallest absolute Gasteiger partial charge is 0.192 e. The first-order valence-electron chi connectivity index (χ1n) is 3.90. The van der Waals surface area contributed by atoms with Crippen molar-refractivity contribution in [2.75, 3.05) is 0 Å². The lowest BCUT2D eigenvalue weighted by molar-refractivity contribution is -0.451. The fourth-order valence-electron chi connectivity index (χ4n) is 0.750. The third-order valence-corrected chi connectivity index (χ3v) is 1.90. The number of alkyl halides is 14. The molecule has 0 saturated heterocycles. The Balaban J connectivity index is -0.00000180. The molecule has 0 fully saturated rings. The number of hydrogen-bond acceptors (Lipinski definition) is 0. The van der Waals surface area contributed by atoms with Crippen molar-refractivity contribution in [3.05, 3.63) is 0 Å². The van der Waals surface area contributed by atoms with Crippen LogP contribution in [0, 0.1) is 0 Å².